The van der Waals surface area contributed by atoms with Crippen molar-refractivity contribution < 1.29 is 5.11 Å². The Morgan fingerprint density at radius 1 is 1.58 bits per heavy atom. The summed E-state index contributed by atoms with van der Waals surface area (Å²) < 4.78 is 0. The van der Waals surface area contributed by atoms with Crippen molar-refractivity contribution in [2.24, 2.45) is 0 Å². The summed E-state index contributed by atoms with van der Waals surface area (Å²) in [5.74, 6) is 0. The molecule has 0 bridgehead atoms. The lowest BCUT2D eigenvalue weighted by Gasteiger charge is -2.18. The Bertz CT molecular complexity index is 194. The van der Waals surface area contributed by atoms with Crippen molar-refractivity contribution in [2.45, 2.75) is 45.6 Å². The largest absolute Gasteiger partial charge is 0.389 e. The van der Waals surface area contributed by atoms with E-state index in [-0.39, 0.29) is 6.42 Å². The van der Waals surface area contributed by atoms with E-state index in [1.54, 1.807) is 6.92 Å². The van der Waals surface area contributed by atoms with Crippen molar-refractivity contribution in [3.63, 3.8) is 0 Å². The standard InChI is InChI=1S/C10H17NO/c1-9(2)5-4-6-10(3,12)7-8-11/h5,12H,4,6-7H2,1-3H3. The van der Waals surface area contributed by atoms with Crippen LogP contribution in [0.3, 0.4) is 0 Å². The van der Waals surface area contributed by atoms with Gasteiger partial charge in [-0.1, -0.05) is 11.6 Å². The van der Waals surface area contributed by atoms with Crippen molar-refractivity contribution in [1.82, 2.24) is 0 Å². The van der Waals surface area contributed by atoms with Crippen molar-refractivity contribution in [3.05, 3.63) is 11.6 Å². The van der Waals surface area contributed by atoms with Gasteiger partial charge in [-0.25, -0.2) is 0 Å². The van der Waals surface area contributed by atoms with Gasteiger partial charge in [0.05, 0.1) is 18.1 Å². The van der Waals surface area contributed by atoms with Gasteiger partial charge in [-0.05, 0) is 33.6 Å². The van der Waals surface area contributed by atoms with E-state index in [1.165, 1.54) is 5.57 Å². The zero-order valence-electron chi connectivity index (χ0n) is 8.09. The van der Waals surface area contributed by atoms with Crippen molar-refractivity contribution in [2.75, 3.05) is 0 Å². The molecular formula is C10H17NO. The lowest BCUT2D eigenvalue weighted by molar-refractivity contribution is 0.0568. The average Bonchev–Trinajstić information content (AvgIpc) is 1.85. The Balaban J connectivity index is 3.77. The lowest BCUT2D eigenvalue weighted by Crippen LogP contribution is -2.22. The molecule has 2 heteroatoms. The second kappa shape index (κ2) is 4.95. The summed E-state index contributed by atoms with van der Waals surface area (Å²) in [6.07, 6.45) is 3.79. The second-order valence-electron chi connectivity index (χ2n) is 3.65. The van der Waals surface area contributed by atoms with Crippen LogP contribution in [0.4, 0.5) is 0 Å². The van der Waals surface area contributed by atoms with Crippen LogP contribution in [0.5, 0.6) is 0 Å². The zero-order valence-corrected chi connectivity index (χ0v) is 8.09. The normalized spacial score (nSPS) is 14.6. The minimum Gasteiger partial charge on any atom is -0.389 e. The highest BCUT2D eigenvalue weighted by Crippen LogP contribution is 2.16. The van der Waals surface area contributed by atoms with Crippen LogP contribution >= 0.6 is 0 Å². The Kier molecular flexibility index (Phi) is 4.61. The number of rotatable bonds is 4. The molecule has 0 aromatic heterocycles. The van der Waals surface area contributed by atoms with Crippen LogP contribution in [-0.4, -0.2) is 10.7 Å². The monoisotopic (exact) mass is 167 g/mol. The zero-order chi connectivity index (χ0) is 9.61. The third-order valence-electron chi connectivity index (χ3n) is 1.70. The summed E-state index contributed by atoms with van der Waals surface area (Å²) in [4.78, 5) is 0. The fraction of sp³-hybridized carbons (Fsp3) is 0.700. The molecule has 0 aliphatic heterocycles. The van der Waals surface area contributed by atoms with Crippen LogP contribution in [0.1, 0.15) is 40.0 Å². The predicted octanol–water partition coefficient (Wildman–Crippen LogP) is 2.40. The van der Waals surface area contributed by atoms with Crippen molar-refractivity contribution in [1.29, 1.82) is 5.26 Å². The highest BCUT2D eigenvalue weighted by molar-refractivity contribution is 4.95. The minimum absolute atomic E-state index is 0.212. The number of nitriles is 1. The molecule has 1 N–H and O–H groups in total. The molecule has 0 aromatic rings. The molecule has 0 rings (SSSR count). The first kappa shape index (κ1) is 11.2. The Labute approximate surface area is 74.5 Å². The minimum atomic E-state index is -0.819. The first-order valence-corrected chi connectivity index (χ1v) is 4.20. The topological polar surface area (TPSA) is 44.0 Å². The highest BCUT2D eigenvalue weighted by Gasteiger charge is 2.18. The summed E-state index contributed by atoms with van der Waals surface area (Å²) >= 11 is 0. The second-order valence-corrected chi connectivity index (χ2v) is 3.65. The van der Waals surface area contributed by atoms with Gasteiger partial charge in [0, 0.05) is 0 Å². The summed E-state index contributed by atoms with van der Waals surface area (Å²) in [5.41, 5.74) is 0.434. The van der Waals surface area contributed by atoms with Gasteiger partial charge >= 0.3 is 0 Å². The van der Waals surface area contributed by atoms with E-state index in [1.807, 2.05) is 19.9 Å². The molecule has 2 nitrogen and oxygen atoms in total. The van der Waals surface area contributed by atoms with Crippen LogP contribution in [0.15, 0.2) is 11.6 Å². The van der Waals surface area contributed by atoms with Crippen LogP contribution in [0.25, 0.3) is 0 Å². The highest BCUT2D eigenvalue weighted by atomic mass is 16.3. The molecule has 0 aromatic carbocycles. The summed E-state index contributed by atoms with van der Waals surface area (Å²) in [5, 5.41) is 18.0. The number of hydrogen-bond acceptors (Lipinski definition) is 2. The predicted molar refractivity (Wildman–Crippen MR) is 49.5 cm³/mol. The van der Waals surface area contributed by atoms with E-state index in [0.717, 1.165) is 6.42 Å². The van der Waals surface area contributed by atoms with Gasteiger partial charge in [-0.3, -0.25) is 0 Å². The van der Waals surface area contributed by atoms with Crippen LogP contribution in [0.2, 0.25) is 0 Å². The quantitative estimate of drug-likeness (QED) is 0.653. The lowest BCUT2D eigenvalue weighted by atomic mass is 9.96. The molecule has 68 valence electrons. The molecule has 0 fully saturated rings. The van der Waals surface area contributed by atoms with Crippen LogP contribution < -0.4 is 0 Å². The summed E-state index contributed by atoms with van der Waals surface area (Å²) in [6.45, 7) is 5.76. The SMILES string of the molecule is CC(C)=CCCC(C)(O)CC#N. The Morgan fingerprint density at radius 3 is 2.58 bits per heavy atom. The smallest absolute Gasteiger partial charge is 0.0752 e. The molecule has 0 saturated heterocycles. The van der Waals surface area contributed by atoms with Gasteiger partial charge < -0.3 is 5.11 Å². The molecule has 1 atom stereocenters. The molecule has 0 heterocycles. The van der Waals surface area contributed by atoms with Gasteiger partial charge in [-0.15, -0.1) is 0 Å². The number of hydrogen-bond donors (Lipinski definition) is 1. The van der Waals surface area contributed by atoms with E-state index >= 15 is 0 Å². The van der Waals surface area contributed by atoms with E-state index in [4.69, 9.17) is 5.26 Å². The fourth-order valence-electron chi connectivity index (χ4n) is 0.930. The Morgan fingerprint density at radius 2 is 2.17 bits per heavy atom. The van der Waals surface area contributed by atoms with Crippen LogP contribution in [0, 0.1) is 11.3 Å². The van der Waals surface area contributed by atoms with Gasteiger partial charge in [0.15, 0.2) is 0 Å². The average molecular weight is 167 g/mol. The first-order chi connectivity index (χ1) is 5.48. The Hall–Kier alpha value is -0.810. The van der Waals surface area contributed by atoms with Crippen molar-refractivity contribution in [3.8, 4) is 6.07 Å². The van der Waals surface area contributed by atoms with E-state index in [0.29, 0.717) is 6.42 Å². The van der Waals surface area contributed by atoms with Gasteiger partial charge in [0.2, 0.25) is 0 Å². The molecule has 0 radical (unpaired) electrons. The molecule has 0 amide bonds. The van der Waals surface area contributed by atoms with Gasteiger partial charge in [0.1, 0.15) is 0 Å². The van der Waals surface area contributed by atoms with Gasteiger partial charge in [0.25, 0.3) is 0 Å². The van der Waals surface area contributed by atoms with E-state index in [9.17, 15) is 5.11 Å². The summed E-state index contributed by atoms with van der Waals surface area (Å²) in [6, 6.07) is 1.98. The first-order valence-electron chi connectivity index (χ1n) is 4.20. The van der Waals surface area contributed by atoms with Crippen molar-refractivity contribution >= 4 is 0 Å². The number of allylic oxidation sites excluding steroid dienone is 2. The molecule has 0 saturated carbocycles. The number of nitrogens with zero attached hydrogens (tertiary/aromatic N) is 1. The van der Waals surface area contributed by atoms with Gasteiger partial charge in [-0.2, -0.15) is 5.26 Å². The molecular weight excluding hydrogens is 150 g/mol. The molecule has 12 heavy (non-hydrogen) atoms. The molecule has 0 aliphatic rings. The third-order valence-corrected chi connectivity index (χ3v) is 1.70. The molecule has 0 spiro atoms. The van der Waals surface area contributed by atoms with E-state index in [2.05, 4.69) is 6.08 Å². The maximum Gasteiger partial charge on any atom is 0.0752 e. The van der Waals surface area contributed by atoms with Crippen LogP contribution in [-0.2, 0) is 0 Å². The maximum atomic E-state index is 9.58. The molecule has 1 unspecified atom stereocenters. The maximum absolute atomic E-state index is 9.58. The number of aliphatic hydroxyl groups is 1. The summed E-state index contributed by atoms with van der Waals surface area (Å²) in [7, 11) is 0. The fourth-order valence-corrected chi connectivity index (χ4v) is 0.930. The molecule has 0 aliphatic carbocycles. The van der Waals surface area contributed by atoms with E-state index < -0.39 is 5.60 Å². The third kappa shape index (κ3) is 5.94.